The summed E-state index contributed by atoms with van der Waals surface area (Å²) in [6.07, 6.45) is 17.3. The minimum atomic E-state index is 0.622. The van der Waals surface area contributed by atoms with Crippen LogP contribution in [0.2, 0.25) is 0 Å². The second-order valence-corrected chi connectivity index (χ2v) is 17.4. The van der Waals surface area contributed by atoms with E-state index < -0.39 is 0 Å². The van der Waals surface area contributed by atoms with Crippen molar-refractivity contribution < 1.29 is 0 Å². The molecular formula is C62H44N6. The number of nitrogens with zero attached hydrogens (tertiary/aromatic N) is 6. The van der Waals surface area contributed by atoms with Crippen molar-refractivity contribution in [2.45, 2.75) is 25.7 Å². The van der Waals surface area contributed by atoms with Crippen LogP contribution in [-0.2, 0) is 0 Å². The van der Waals surface area contributed by atoms with Gasteiger partial charge >= 0.3 is 0 Å². The van der Waals surface area contributed by atoms with Gasteiger partial charge in [0.2, 0.25) is 0 Å². The van der Waals surface area contributed by atoms with Crippen molar-refractivity contribution in [2.24, 2.45) is 0 Å². The molecular weight excluding hydrogens is 829 g/mol. The molecule has 2 aliphatic rings. The van der Waals surface area contributed by atoms with Crippen molar-refractivity contribution >= 4 is 89.1 Å². The molecule has 2 heterocycles. The molecule has 0 saturated heterocycles. The van der Waals surface area contributed by atoms with Crippen LogP contribution in [0.3, 0.4) is 0 Å². The van der Waals surface area contributed by atoms with E-state index in [-0.39, 0.29) is 0 Å². The van der Waals surface area contributed by atoms with Crippen LogP contribution in [0.4, 0.5) is 34.1 Å². The third-order valence-electron chi connectivity index (χ3n) is 13.5. The maximum absolute atomic E-state index is 9.67. The molecule has 0 bridgehead atoms. The minimum absolute atomic E-state index is 0.622. The normalized spacial score (nSPS) is 13.4. The van der Waals surface area contributed by atoms with Crippen molar-refractivity contribution in [1.29, 1.82) is 10.5 Å². The molecule has 0 N–H and O–H groups in total. The van der Waals surface area contributed by atoms with Gasteiger partial charge in [0.25, 0.3) is 0 Å². The molecule has 0 aliphatic heterocycles. The Morgan fingerprint density at radius 3 is 1.09 bits per heavy atom. The molecule has 6 nitrogen and oxygen atoms in total. The zero-order valence-corrected chi connectivity index (χ0v) is 37.3. The van der Waals surface area contributed by atoms with Gasteiger partial charge in [0.1, 0.15) is 0 Å². The molecule has 2 aliphatic carbocycles. The largest absolute Gasteiger partial charge is 0.313 e. The molecule has 2 aromatic heterocycles. The number of fused-ring (bicyclic) bond motifs is 6. The zero-order valence-electron chi connectivity index (χ0n) is 37.3. The fourth-order valence-electron chi connectivity index (χ4n) is 10.2. The number of hydrogen-bond acceptors (Lipinski definition) is 4. The number of hydrogen-bond donors (Lipinski definition) is 0. The Morgan fingerprint density at radius 1 is 0.368 bits per heavy atom. The van der Waals surface area contributed by atoms with Crippen molar-refractivity contribution in [2.75, 3.05) is 9.80 Å². The molecule has 68 heavy (non-hydrogen) atoms. The number of nitriles is 2. The highest BCUT2D eigenvalue weighted by molar-refractivity contribution is 6.12. The van der Waals surface area contributed by atoms with Crippen molar-refractivity contribution in [3.63, 3.8) is 0 Å². The van der Waals surface area contributed by atoms with E-state index in [1.807, 2.05) is 48.5 Å². The van der Waals surface area contributed by atoms with Gasteiger partial charge in [-0.1, -0.05) is 85.0 Å². The van der Waals surface area contributed by atoms with Crippen LogP contribution in [0.15, 0.2) is 218 Å². The lowest BCUT2D eigenvalue weighted by molar-refractivity contribution is 0.979. The van der Waals surface area contributed by atoms with Crippen LogP contribution >= 0.6 is 0 Å². The molecule has 0 amide bonds. The topological polar surface area (TPSA) is 63.9 Å². The quantitative estimate of drug-likeness (QED) is 0.145. The fourth-order valence-corrected chi connectivity index (χ4v) is 10.2. The molecule has 0 radical (unpaired) electrons. The summed E-state index contributed by atoms with van der Waals surface area (Å²) in [7, 11) is 0. The van der Waals surface area contributed by atoms with Crippen molar-refractivity contribution in [3.8, 4) is 23.3 Å². The number of rotatable bonds is 9. The minimum Gasteiger partial charge on any atom is -0.313 e. The average molecular weight is 873 g/mol. The Morgan fingerprint density at radius 2 is 0.721 bits per heavy atom. The van der Waals surface area contributed by atoms with E-state index >= 15 is 0 Å². The third-order valence-corrected chi connectivity index (χ3v) is 13.5. The maximum atomic E-state index is 9.67. The number of allylic oxidation sites excluding steroid dienone is 8. The van der Waals surface area contributed by atoms with Gasteiger partial charge in [-0.3, -0.25) is 0 Å². The number of para-hydroxylation sites is 2. The van der Waals surface area contributed by atoms with Crippen molar-refractivity contribution in [1.82, 2.24) is 9.13 Å². The smallest absolute Gasteiger partial charge is 0.0991 e. The number of benzene rings is 8. The van der Waals surface area contributed by atoms with Gasteiger partial charge < -0.3 is 18.9 Å². The molecule has 10 aromatic rings. The van der Waals surface area contributed by atoms with Gasteiger partial charge in [0, 0.05) is 67.1 Å². The Labute approximate surface area is 395 Å². The van der Waals surface area contributed by atoms with Gasteiger partial charge in [-0.2, -0.15) is 10.5 Å². The lowest BCUT2D eigenvalue weighted by Crippen LogP contribution is -2.10. The van der Waals surface area contributed by atoms with Crippen LogP contribution in [-0.4, -0.2) is 9.13 Å². The molecule has 0 unspecified atom stereocenters. The first-order chi connectivity index (χ1) is 33.6. The van der Waals surface area contributed by atoms with E-state index in [2.05, 4.69) is 201 Å². The molecule has 12 rings (SSSR count). The van der Waals surface area contributed by atoms with Crippen LogP contribution < -0.4 is 9.80 Å². The first-order valence-electron chi connectivity index (χ1n) is 23.2. The Kier molecular flexibility index (Phi) is 10.1. The number of aromatic nitrogens is 2. The Hall–Kier alpha value is -9.10. The average Bonchev–Trinajstić information content (AvgIpc) is 3.92. The summed E-state index contributed by atoms with van der Waals surface area (Å²) in [5, 5.41) is 24.2. The standard InChI is InChI=1S/C62H44N6/c63-41-43-19-27-49(28-20-43)65(53-35-37-61-57(39-53)55-15-7-9-17-59(55)67(61)47-11-3-1-4-12-47)51-31-23-45(24-32-51)46-25-33-52(34-26-46)66(50-29-21-44(42-64)22-30-50)54-36-38-62-58(40-54)56-16-8-10-18-60(56)68(62)48-13-5-2-6-14-48/h1-3,5,7-11,13,15-40H,4,6,12,14H2. The fraction of sp³-hybridized carbons (Fsp3) is 0.0645. The number of anilines is 6. The highest BCUT2D eigenvalue weighted by Crippen LogP contribution is 2.43. The van der Waals surface area contributed by atoms with Gasteiger partial charge in [-0.15, -0.1) is 0 Å². The predicted molar refractivity (Wildman–Crippen MR) is 282 cm³/mol. The molecule has 322 valence electrons. The molecule has 8 aromatic carbocycles. The summed E-state index contributed by atoms with van der Waals surface area (Å²) in [5.74, 6) is 0. The maximum Gasteiger partial charge on any atom is 0.0991 e. The summed E-state index contributed by atoms with van der Waals surface area (Å²) in [4.78, 5) is 4.55. The van der Waals surface area contributed by atoms with Gasteiger partial charge in [-0.25, -0.2) is 0 Å². The van der Waals surface area contributed by atoms with Crippen LogP contribution in [0.25, 0.3) is 66.1 Å². The van der Waals surface area contributed by atoms with Gasteiger partial charge in [-0.05, 0) is 170 Å². The van der Waals surface area contributed by atoms with E-state index in [0.717, 1.165) is 70.9 Å². The molecule has 0 fully saturated rings. The summed E-state index contributed by atoms with van der Waals surface area (Å²) < 4.78 is 4.83. The highest BCUT2D eigenvalue weighted by Gasteiger charge is 2.21. The van der Waals surface area contributed by atoms with E-state index in [1.54, 1.807) is 0 Å². The van der Waals surface area contributed by atoms with E-state index in [1.165, 1.54) is 55.0 Å². The second kappa shape index (κ2) is 17.0. The summed E-state index contributed by atoms with van der Waals surface area (Å²) >= 11 is 0. The molecule has 0 saturated carbocycles. The van der Waals surface area contributed by atoms with Crippen LogP contribution in [0.1, 0.15) is 36.8 Å². The SMILES string of the molecule is N#Cc1ccc(N(c2ccc(-c3ccc(N(c4ccc(C#N)cc4)c4ccc5c(c4)c4ccccc4n5C4=CC=CCC4)cc3)cc2)c2ccc3c(c2)c2ccccc2n3C2=CC=CCC2)cc1. The van der Waals surface area contributed by atoms with Crippen molar-refractivity contribution in [3.05, 3.63) is 230 Å². The summed E-state index contributed by atoms with van der Waals surface area (Å²) in [5.41, 5.74) is 16.9. The van der Waals surface area contributed by atoms with Gasteiger partial charge in [0.05, 0.1) is 45.3 Å². The van der Waals surface area contributed by atoms with Crippen LogP contribution in [0.5, 0.6) is 0 Å². The van der Waals surface area contributed by atoms with Gasteiger partial charge in [0.15, 0.2) is 0 Å². The zero-order chi connectivity index (χ0) is 45.6. The summed E-state index contributed by atoms with van der Waals surface area (Å²) in [6.45, 7) is 0. The molecule has 0 spiro atoms. The Balaban J connectivity index is 0.912. The molecule has 6 heteroatoms. The lowest BCUT2D eigenvalue weighted by Gasteiger charge is -2.26. The lowest BCUT2D eigenvalue weighted by atomic mass is 10.0. The monoisotopic (exact) mass is 872 g/mol. The highest BCUT2D eigenvalue weighted by atomic mass is 15.1. The Bertz CT molecular complexity index is 3540. The first kappa shape index (κ1) is 40.4. The third kappa shape index (κ3) is 7.04. The van der Waals surface area contributed by atoms with E-state index in [4.69, 9.17) is 0 Å². The predicted octanol–water partition coefficient (Wildman–Crippen LogP) is 16.6. The first-order valence-corrected chi connectivity index (χ1v) is 23.2. The molecule has 0 atom stereocenters. The van der Waals surface area contributed by atoms with E-state index in [0.29, 0.717) is 11.1 Å². The second-order valence-electron chi connectivity index (χ2n) is 17.4. The summed E-state index contributed by atoms with van der Waals surface area (Å²) in [6, 6.07) is 68.6. The van der Waals surface area contributed by atoms with E-state index in [9.17, 15) is 10.5 Å². The van der Waals surface area contributed by atoms with Crippen LogP contribution in [0, 0.1) is 22.7 Å².